The first kappa shape index (κ1) is 27.4. The normalized spacial score (nSPS) is 18.5. The number of hydrogen-bond acceptors (Lipinski definition) is 6. The molecule has 2 heterocycles. The van der Waals surface area contributed by atoms with Crippen molar-refractivity contribution in [3.05, 3.63) is 111 Å². The van der Waals surface area contributed by atoms with E-state index >= 15 is 0 Å². The van der Waals surface area contributed by atoms with Gasteiger partial charge in [0.2, 0.25) is 0 Å². The molecule has 1 aliphatic carbocycles. The van der Waals surface area contributed by atoms with Gasteiger partial charge in [-0.15, -0.1) is 0 Å². The lowest BCUT2D eigenvalue weighted by Crippen LogP contribution is -2.42. The van der Waals surface area contributed by atoms with Crippen molar-refractivity contribution >= 4 is 23.1 Å². The second-order valence-corrected chi connectivity index (χ2v) is 11.6. The molecule has 2 aliphatic rings. The van der Waals surface area contributed by atoms with E-state index in [1.54, 1.807) is 18.5 Å². The number of ether oxygens (including phenoxy) is 1. The number of aromatic nitrogens is 1. The van der Waals surface area contributed by atoms with Crippen LogP contribution in [0.25, 0.3) is 0 Å². The predicted molar refractivity (Wildman–Crippen MR) is 153 cm³/mol. The number of nitriles is 1. The van der Waals surface area contributed by atoms with Crippen molar-refractivity contribution in [1.29, 1.82) is 5.26 Å². The van der Waals surface area contributed by atoms with E-state index in [4.69, 9.17) is 22.1 Å². The minimum Gasteiger partial charge on any atom is -0.487 e. The van der Waals surface area contributed by atoms with E-state index in [0.717, 1.165) is 28.0 Å². The second-order valence-electron chi connectivity index (χ2n) is 11.2. The van der Waals surface area contributed by atoms with E-state index in [9.17, 15) is 14.4 Å². The zero-order valence-electron chi connectivity index (χ0n) is 22.9. The zero-order valence-corrected chi connectivity index (χ0v) is 23.6. The van der Waals surface area contributed by atoms with Gasteiger partial charge in [-0.1, -0.05) is 37.6 Å². The summed E-state index contributed by atoms with van der Waals surface area (Å²) in [6.45, 7) is 8.25. The van der Waals surface area contributed by atoms with Crippen LogP contribution in [0.15, 0.2) is 77.5 Å². The van der Waals surface area contributed by atoms with Crippen LogP contribution in [0.2, 0.25) is 5.02 Å². The van der Waals surface area contributed by atoms with Crippen molar-refractivity contribution in [3.63, 3.8) is 0 Å². The molecule has 0 saturated heterocycles. The highest BCUT2D eigenvalue weighted by atomic mass is 35.5. The number of benzene rings is 2. The summed E-state index contributed by atoms with van der Waals surface area (Å²) in [5.74, 6) is -0.403. The molecular weight excluding hydrogens is 527 g/mol. The van der Waals surface area contributed by atoms with Gasteiger partial charge in [0, 0.05) is 23.9 Å². The number of aryl methyl sites for hydroxylation is 2. The van der Waals surface area contributed by atoms with Crippen molar-refractivity contribution in [3.8, 4) is 11.8 Å². The first-order chi connectivity index (χ1) is 19.0. The van der Waals surface area contributed by atoms with Gasteiger partial charge in [-0.25, -0.2) is 4.39 Å². The molecule has 6 nitrogen and oxygen atoms in total. The first-order valence-corrected chi connectivity index (χ1v) is 13.4. The average Bonchev–Trinajstić information content (AvgIpc) is 2.88. The quantitative estimate of drug-likeness (QED) is 0.363. The number of rotatable bonds is 5. The Morgan fingerprint density at radius 1 is 1.20 bits per heavy atom. The molecule has 1 aliphatic heterocycles. The fourth-order valence-electron chi connectivity index (χ4n) is 5.73. The minimum atomic E-state index is -0.620. The molecule has 0 amide bonds. The Bertz CT molecular complexity index is 1620. The van der Waals surface area contributed by atoms with Crippen molar-refractivity contribution in [2.45, 2.75) is 53.1 Å². The molecule has 1 atom stereocenters. The van der Waals surface area contributed by atoms with Crippen LogP contribution in [0.3, 0.4) is 0 Å². The third-order valence-corrected chi connectivity index (χ3v) is 7.89. The highest BCUT2D eigenvalue weighted by Gasteiger charge is 2.45. The SMILES string of the molecule is Cc1cc(C)c(C2C(C#N)=C(N)N(c3cccnc3)C3=C2C(=O)CC(C)(C)C3)cc1COc1ccc(F)cc1Cl. The molecule has 2 N–H and O–H groups in total. The van der Waals surface area contributed by atoms with Crippen LogP contribution in [0, 0.1) is 36.4 Å². The maximum absolute atomic E-state index is 13.9. The summed E-state index contributed by atoms with van der Waals surface area (Å²) in [5.41, 5.74) is 12.5. The predicted octanol–water partition coefficient (Wildman–Crippen LogP) is 7.01. The summed E-state index contributed by atoms with van der Waals surface area (Å²) in [7, 11) is 0. The summed E-state index contributed by atoms with van der Waals surface area (Å²) < 4.78 is 19.5. The van der Waals surface area contributed by atoms with Gasteiger partial charge in [0.1, 0.15) is 24.0 Å². The Kier molecular flexibility index (Phi) is 7.16. The number of carbonyl (C=O) groups excluding carboxylic acids is 1. The molecule has 0 saturated carbocycles. The van der Waals surface area contributed by atoms with E-state index in [1.807, 2.05) is 36.9 Å². The Balaban J connectivity index is 1.65. The lowest BCUT2D eigenvalue weighted by atomic mass is 9.68. The van der Waals surface area contributed by atoms with Crippen molar-refractivity contribution in [2.24, 2.45) is 11.1 Å². The van der Waals surface area contributed by atoms with E-state index in [2.05, 4.69) is 24.9 Å². The van der Waals surface area contributed by atoms with Gasteiger partial charge < -0.3 is 10.5 Å². The van der Waals surface area contributed by atoms with Crippen LogP contribution in [0.4, 0.5) is 10.1 Å². The van der Waals surface area contributed by atoms with Gasteiger partial charge in [-0.3, -0.25) is 14.7 Å². The maximum atomic E-state index is 13.9. The fourth-order valence-corrected chi connectivity index (χ4v) is 5.95. The van der Waals surface area contributed by atoms with Crippen LogP contribution in [-0.2, 0) is 11.4 Å². The van der Waals surface area contributed by atoms with E-state index < -0.39 is 11.7 Å². The number of Topliss-reactive ketones (excluding diaryl/α,β-unsaturated/α-hetero) is 1. The maximum Gasteiger partial charge on any atom is 0.162 e. The van der Waals surface area contributed by atoms with Gasteiger partial charge in [-0.05, 0) is 78.3 Å². The molecule has 0 fully saturated rings. The highest BCUT2D eigenvalue weighted by Crippen LogP contribution is 2.50. The second kappa shape index (κ2) is 10.4. The summed E-state index contributed by atoms with van der Waals surface area (Å²) in [6, 6.07) is 14.0. The smallest absolute Gasteiger partial charge is 0.162 e. The molecule has 0 bridgehead atoms. The number of nitrogens with two attached hydrogens (primary N) is 1. The number of hydrogen-bond donors (Lipinski definition) is 1. The van der Waals surface area contributed by atoms with Crippen molar-refractivity contribution < 1.29 is 13.9 Å². The molecule has 8 heteroatoms. The standard InChI is InChI=1S/C32H30ClFN4O2/c1-18-10-19(2)23(11-20(18)17-40-28-8-7-21(34)12-25(28)33)29-24(15-35)31(36)38(22-6-5-9-37-16-22)26-13-32(3,4)14-27(39)30(26)29/h5-12,16,29H,13-14,17,36H2,1-4H3. The van der Waals surface area contributed by atoms with E-state index in [-0.39, 0.29) is 22.8 Å². The van der Waals surface area contributed by atoms with Crippen LogP contribution in [-0.4, -0.2) is 10.8 Å². The number of ketones is 1. The Hall–Kier alpha value is -4.15. The molecule has 40 heavy (non-hydrogen) atoms. The average molecular weight is 557 g/mol. The summed E-state index contributed by atoms with van der Waals surface area (Å²) >= 11 is 6.17. The molecule has 0 radical (unpaired) electrons. The largest absolute Gasteiger partial charge is 0.487 e. The summed E-state index contributed by atoms with van der Waals surface area (Å²) in [4.78, 5) is 19.9. The third-order valence-electron chi connectivity index (χ3n) is 7.60. The van der Waals surface area contributed by atoms with Gasteiger partial charge in [-0.2, -0.15) is 5.26 Å². The van der Waals surface area contributed by atoms with Crippen LogP contribution < -0.4 is 15.4 Å². The summed E-state index contributed by atoms with van der Waals surface area (Å²) in [6.07, 6.45) is 4.34. The molecule has 1 aromatic heterocycles. The van der Waals surface area contributed by atoms with Crippen LogP contribution in [0.1, 0.15) is 54.9 Å². The molecule has 204 valence electrons. The van der Waals surface area contributed by atoms with Gasteiger partial charge in [0.15, 0.2) is 5.78 Å². The first-order valence-electron chi connectivity index (χ1n) is 13.0. The Morgan fingerprint density at radius 2 is 1.98 bits per heavy atom. The molecule has 0 spiro atoms. The molecule has 2 aromatic carbocycles. The fraction of sp³-hybridized carbons (Fsp3) is 0.281. The molecule has 5 rings (SSSR count). The summed E-state index contributed by atoms with van der Waals surface area (Å²) in [5, 5.41) is 10.6. The molecule has 1 unspecified atom stereocenters. The van der Waals surface area contributed by atoms with E-state index in [0.29, 0.717) is 41.2 Å². The lowest BCUT2D eigenvalue weighted by Gasteiger charge is -2.44. The number of nitrogens with zero attached hydrogens (tertiary/aromatic N) is 3. The van der Waals surface area contributed by atoms with Gasteiger partial charge in [0.05, 0.1) is 34.5 Å². The highest BCUT2D eigenvalue weighted by molar-refractivity contribution is 6.32. The van der Waals surface area contributed by atoms with Crippen molar-refractivity contribution in [2.75, 3.05) is 4.90 Å². The van der Waals surface area contributed by atoms with Crippen molar-refractivity contribution in [1.82, 2.24) is 4.98 Å². The zero-order chi connectivity index (χ0) is 28.8. The van der Waals surface area contributed by atoms with Gasteiger partial charge in [0.25, 0.3) is 0 Å². The number of allylic oxidation sites excluding steroid dienone is 3. The molecular formula is C32H30ClFN4O2. The Morgan fingerprint density at radius 3 is 2.65 bits per heavy atom. The van der Waals surface area contributed by atoms with Gasteiger partial charge >= 0.3 is 0 Å². The lowest BCUT2D eigenvalue weighted by molar-refractivity contribution is -0.118. The van der Waals surface area contributed by atoms with Crippen LogP contribution >= 0.6 is 11.6 Å². The van der Waals surface area contributed by atoms with E-state index in [1.165, 1.54) is 18.2 Å². The monoisotopic (exact) mass is 556 g/mol. The number of anilines is 1. The number of carbonyl (C=O) groups is 1. The Labute approximate surface area is 238 Å². The third kappa shape index (κ3) is 4.96. The number of halogens is 2. The molecule has 3 aromatic rings. The topological polar surface area (TPSA) is 92.2 Å². The van der Waals surface area contributed by atoms with Crippen LogP contribution in [0.5, 0.6) is 5.75 Å². The number of pyridine rings is 1. The minimum absolute atomic E-state index is 0.00117.